The molecule has 1 N–H and O–H groups in total. The molecule has 2 aromatic rings. The number of nitrogens with one attached hydrogen (secondary N) is 1. The van der Waals surface area contributed by atoms with E-state index in [0.29, 0.717) is 17.7 Å². The predicted molar refractivity (Wildman–Crippen MR) is 94.6 cm³/mol. The lowest BCUT2D eigenvalue weighted by Gasteiger charge is -2.32. The van der Waals surface area contributed by atoms with Gasteiger partial charge in [0.15, 0.2) is 0 Å². The number of rotatable bonds is 4. The Labute approximate surface area is 154 Å². The highest BCUT2D eigenvalue weighted by Gasteiger charge is 2.46. The first-order chi connectivity index (χ1) is 12.6. The van der Waals surface area contributed by atoms with Gasteiger partial charge in [0.2, 0.25) is 0 Å². The van der Waals surface area contributed by atoms with Gasteiger partial charge in [0, 0.05) is 24.3 Å². The summed E-state index contributed by atoms with van der Waals surface area (Å²) in [7, 11) is -5.45. The number of halogens is 3. The first-order valence-electron chi connectivity index (χ1n) is 8.15. The summed E-state index contributed by atoms with van der Waals surface area (Å²) in [6.07, 6.45) is 0. The van der Waals surface area contributed by atoms with E-state index in [0.717, 1.165) is 5.56 Å². The van der Waals surface area contributed by atoms with E-state index in [9.17, 15) is 26.4 Å². The number of hydrogen-bond donors (Lipinski definition) is 1. The smallest absolute Gasteiger partial charge is 0.334 e. The number of hydrogen-bond acceptors (Lipinski definition) is 3. The highest BCUT2D eigenvalue weighted by atomic mass is 32.2. The number of benzene rings is 2. The maximum Gasteiger partial charge on any atom is 0.516 e. The van der Waals surface area contributed by atoms with Crippen LogP contribution < -0.4 is 4.72 Å². The van der Waals surface area contributed by atoms with Gasteiger partial charge in [0.1, 0.15) is 0 Å². The highest BCUT2D eigenvalue weighted by molar-refractivity contribution is 7.93. The number of carbonyl (C=O) groups excluding carboxylic acids is 1. The Bertz CT molecular complexity index is 957. The molecule has 1 heterocycles. The first-order valence-corrected chi connectivity index (χ1v) is 9.63. The Morgan fingerprint density at radius 1 is 1.11 bits per heavy atom. The van der Waals surface area contributed by atoms with Gasteiger partial charge in [-0.15, -0.1) is 0 Å². The van der Waals surface area contributed by atoms with Crippen LogP contribution in [0, 0.1) is 0 Å². The number of alkyl halides is 3. The van der Waals surface area contributed by atoms with Gasteiger partial charge < -0.3 is 4.90 Å². The van der Waals surface area contributed by atoms with Crippen molar-refractivity contribution in [1.82, 2.24) is 4.90 Å². The van der Waals surface area contributed by atoms with Crippen LogP contribution in [-0.2, 0) is 16.6 Å². The molecule has 1 aliphatic rings. The Kier molecular flexibility index (Phi) is 4.90. The summed E-state index contributed by atoms with van der Waals surface area (Å²) in [4.78, 5) is 14.3. The summed E-state index contributed by atoms with van der Waals surface area (Å²) in [6.45, 7) is 2.83. The minimum atomic E-state index is -5.45. The third kappa shape index (κ3) is 3.92. The van der Waals surface area contributed by atoms with E-state index < -0.39 is 15.5 Å². The average Bonchev–Trinajstić information content (AvgIpc) is 2.60. The van der Waals surface area contributed by atoms with Crippen LogP contribution in [0.4, 0.5) is 18.9 Å². The lowest BCUT2D eigenvalue weighted by molar-refractivity contribution is -0.0429. The van der Waals surface area contributed by atoms with Crippen LogP contribution in [0.15, 0.2) is 48.5 Å². The summed E-state index contributed by atoms with van der Waals surface area (Å²) < 4.78 is 61.0. The number of nitrogens with zero attached hydrogens (tertiary/aromatic N) is 1. The Balaban J connectivity index is 1.73. The second-order valence-corrected chi connectivity index (χ2v) is 8.10. The largest absolute Gasteiger partial charge is 0.516 e. The lowest BCUT2D eigenvalue weighted by atomic mass is 9.90. The van der Waals surface area contributed by atoms with E-state index in [1.54, 1.807) is 17.0 Å². The Morgan fingerprint density at radius 2 is 1.74 bits per heavy atom. The molecule has 0 aliphatic carbocycles. The van der Waals surface area contributed by atoms with Crippen molar-refractivity contribution in [1.29, 1.82) is 0 Å². The van der Waals surface area contributed by atoms with Gasteiger partial charge in [-0.1, -0.05) is 37.3 Å². The fraction of sp³-hybridized carbons (Fsp3) is 0.278. The molecule has 9 heteroatoms. The number of carbonyl (C=O) groups is 1. The monoisotopic (exact) mass is 398 g/mol. The van der Waals surface area contributed by atoms with Gasteiger partial charge in [-0.05, 0) is 35.2 Å². The van der Waals surface area contributed by atoms with Crippen LogP contribution >= 0.6 is 0 Å². The van der Waals surface area contributed by atoms with Gasteiger partial charge >= 0.3 is 15.5 Å². The third-order valence-corrected chi connectivity index (χ3v) is 5.50. The summed E-state index contributed by atoms with van der Waals surface area (Å²) in [5.41, 5.74) is -3.25. The molecule has 0 saturated heterocycles. The van der Waals surface area contributed by atoms with Gasteiger partial charge in [0.05, 0.1) is 0 Å². The van der Waals surface area contributed by atoms with Gasteiger partial charge in [0.25, 0.3) is 5.91 Å². The molecule has 1 unspecified atom stereocenters. The van der Waals surface area contributed by atoms with E-state index in [-0.39, 0.29) is 24.1 Å². The SMILES string of the molecule is CC1CN(Cc2ccc(NS(=O)(=O)C(F)(F)F)cc2)C(=O)c2ccccc21. The van der Waals surface area contributed by atoms with Gasteiger partial charge in [-0.25, -0.2) is 0 Å². The van der Waals surface area contributed by atoms with Crippen LogP contribution in [0.5, 0.6) is 0 Å². The summed E-state index contributed by atoms with van der Waals surface area (Å²) in [5.74, 6) is 0.0577. The molecule has 2 aromatic carbocycles. The van der Waals surface area contributed by atoms with E-state index in [1.165, 1.54) is 29.0 Å². The molecule has 3 rings (SSSR count). The number of amides is 1. The van der Waals surface area contributed by atoms with E-state index in [1.807, 2.05) is 19.1 Å². The van der Waals surface area contributed by atoms with E-state index >= 15 is 0 Å². The van der Waals surface area contributed by atoms with E-state index in [2.05, 4.69) is 0 Å². The zero-order chi connectivity index (χ0) is 19.8. The molecule has 5 nitrogen and oxygen atoms in total. The van der Waals surface area contributed by atoms with Crippen LogP contribution in [-0.4, -0.2) is 31.3 Å². The third-order valence-electron chi connectivity index (χ3n) is 4.39. The minimum absolute atomic E-state index is 0.106. The first kappa shape index (κ1) is 19.2. The molecular formula is C18H17F3N2O3S. The summed E-state index contributed by atoms with van der Waals surface area (Å²) in [6, 6.07) is 12.9. The maximum atomic E-state index is 12.6. The topological polar surface area (TPSA) is 66.5 Å². The molecule has 0 saturated carbocycles. The molecule has 0 spiro atoms. The Morgan fingerprint density at radius 3 is 2.37 bits per heavy atom. The molecule has 1 atom stereocenters. The molecule has 1 aliphatic heterocycles. The van der Waals surface area contributed by atoms with Crippen molar-refractivity contribution >= 4 is 21.6 Å². The fourth-order valence-corrected chi connectivity index (χ4v) is 3.61. The number of sulfonamides is 1. The maximum absolute atomic E-state index is 12.6. The molecule has 144 valence electrons. The zero-order valence-electron chi connectivity index (χ0n) is 14.3. The van der Waals surface area contributed by atoms with Crippen LogP contribution in [0.1, 0.15) is 34.3 Å². The Hall–Kier alpha value is -2.55. The molecule has 1 amide bonds. The summed E-state index contributed by atoms with van der Waals surface area (Å²) in [5, 5.41) is 0. The van der Waals surface area contributed by atoms with E-state index in [4.69, 9.17) is 0 Å². The molecule has 27 heavy (non-hydrogen) atoms. The normalized spacial score (nSPS) is 17.6. The van der Waals surface area contributed by atoms with Crippen molar-refractivity contribution in [2.24, 2.45) is 0 Å². The average molecular weight is 398 g/mol. The molecule has 0 fully saturated rings. The summed E-state index contributed by atoms with van der Waals surface area (Å²) >= 11 is 0. The van der Waals surface area contributed by atoms with Crippen LogP contribution in [0.2, 0.25) is 0 Å². The number of fused-ring (bicyclic) bond motifs is 1. The van der Waals surface area contributed by atoms with Gasteiger partial charge in [-0.3, -0.25) is 9.52 Å². The van der Waals surface area contributed by atoms with Crippen molar-refractivity contribution in [3.8, 4) is 0 Å². The minimum Gasteiger partial charge on any atom is -0.334 e. The second-order valence-electron chi connectivity index (χ2n) is 6.42. The fourth-order valence-electron chi connectivity index (χ4n) is 3.05. The number of anilines is 1. The van der Waals surface area contributed by atoms with Crippen molar-refractivity contribution in [2.45, 2.75) is 24.9 Å². The highest BCUT2D eigenvalue weighted by Crippen LogP contribution is 2.29. The molecule has 0 radical (unpaired) electrons. The predicted octanol–water partition coefficient (Wildman–Crippen LogP) is 3.71. The lowest BCUT2D eigenvalue weighted by Crippen LogP contribution is -2.38. The second kappa shape index (κ2) is 6.88. The van der Waals surface area contributed by atoms with Crippen molar-refractivity contribution < 1.29 is 26.4 Å². The zero-order valence-corrected chi connectivity index (χ0v) is 15.1. The van der Waals surface area contributed by atoms with Crippen molar-refractivity contribution in [2.75, 3.05) is 11.3 Å². The van der Waals surface area contributed by atoms with Crippen LogP contribution in [0.3, 0.4) is 0 Å². The van der Waals surface area contributed by atoms with Crippen molar-refractivity contribution in [3.05, 3.63) is 65.2 Å². The quantitative estimate of drug-likeness (QED) is 0.854. The van der Waals surface area contributed by atoms with Crippen molar-refractivity contribution in [3.63, 3.8) is 0 Å². The van der Waals surface area contributed by atoms with Gasteiger partial charge in [-0.2, -0.15) is 21.6 Å². The standard InChI is InChI=1S/C18H17F3N2O3S/c1-12-10-23(17(24)16-5-3-2-4-15(12)16)11-13-6-8-14(9-7-13)22-27(25,26)18(19,20)21/h2-9,12,22H,10-11H2,1H3. The molecule has 0 bridgehead atoms. The molecular weight excluding hydrogens is 381 g/mol. The van der Waals surface area contributed by atoms with Crippen LogP contribution in [0.25, 0.3) is 0 Å². The molecule has 0 aromatic heterocycles.